The standard InChI is InChI=1S/C13H13ClN2O4/c1-3-19-12(17)8-6-15-10-7(9(8)14)5-16-11(10)13(18)20-4-2/h5-6,16H,3-4H2,1-2H3. The van der Waals surface area contributed by atoms with Crippen molar-refractivity contribution in [3.8, 4) is 0 Å². The van der Waals surface area contributed by atoms with Gasteiger partial charge in [-0.1, -0.05) is 11.6 Å². The van der Waals surface area contributed by atoms with Crippen LogP contribution in [0.4, 0.5) is 0 Å². The predicted octanol–water partition coefficient (Wildman–Crippen LogP) is 2.57. The number of carbonyl (C=O) groups excluding carboxylic acids is 2. The monoisotopic (exact) mass is 296 g/mol. The van der Waals surface area contributed by atoms with E-state index in [1.165, 1.54) is 12.4 Å². The van der Waals surface area contributed by atoms with Gasteiger partial charge in [-0.25, -0.2) is 9.59 Å². The summed E-state index contributed by atoms with van der Waals surface area (Å²) in [5.41, 5.74) is 0.732. The number of carbonyl (C=O) groups is 2. The molecule has 0 bridgehead atoms. The van der Waals surface area contributed by atoms with E-state index < -0.39 is 11.9 Å². The summed E-state index contributed by atoms with van der Waals surface area (Å²) in [6, 6.07) is 0. The summed E-state index contributed by atoms with van der Waals surface area (Å²) < 4.78 is 9.79. The minimum atomic E-state index is -0.550. The molecule has 6 nitrogen and oxygen atoms in total. The van der Waals surface area contributed by atoms with Crippen molar-refractivity contribution in [2.75, 3.05) is 13.2 Å². The van der Waals surface area contributed by atoms with Gasteiger partial charge < -0.3 is 14.5 Å². The van der Waals surface area contributed by atoms with Crippen molar-refractivity contribution in [2.45, 2.75) is 13.8 Å². The highest BCUT2D eigenvalue weighted by Gasteiger charge is 2.20. The number of nitrogens with one attached hydrogen (secondary N) is 1. The van der Waals surface area contributed by atoms with Crippen LogP contribution in [0, 0.1) is 0 Å². The molecular weight excluding hydrogens is 284 g/mol. The first-order chi connectivity index (χ1) is 9.60. The van der Waals surface area contributed by atoms with E-state index in [1.807, 2.05) is 0 Å². The Bertz CT molecular complexity index is 666. The summed E-state index contributed by atoms with van der Waals surface area (Å²) in [6.07, 6.45) is 2.80. The number of pyridine rings is 1. The van der Waals surface area contributed by atoms with Gasteiger partial charge in [0.05, 0.1) is 23.8 Å². The zero-order valence-electron chi connectivity index (χ0n) is 11.0. The summed E-state index contributed by atoms with van der Waals surface area (Å²) >= 11 is 6.15. The van der Waals surface area contributed by atoms with E-state index in [0.29, 0.717) is 10.9 Å². The van der Waals surface area contributed by atoms with Gasteiger partial charge >= 0.3 is 11.9 Å². The molecule has 2 aromatic rings. The lowest BCUT2D eigenvalue weighted by Gasteiger charge is -2.04. The van der Waals surface area contributed by atoms with Crippen molar-refractivity contribution in [3.05, 3.63) is 28.7 Å². The SMILES string of the molecule is CCOC(=O)c1cnc2c(C(=O)OCC)[nH]cc2c1Cl. The van der Waals surface area contributed by atoms with E-state index in [4.69, 9.17) is 21.1 Å². The third kappa shape index (κ3) is 2.46. The number of rotatable bonds is 4. The summed E-state index contributed by atoms with van der Waals surface area (Å²) in [4.78, 5) is 30.3. The molecule has 7 heteroatoms. The Morgan fingerprint density at radius 3 is 2.55 bits per heavy atom. The van der Waals surface area contributed by atoms with E-state index in [-0.39, 0.29) is 29.5 Å². The maximum absolute atomic E-state index is 11.7. The van der Waals surface area contributed by atoms with E-state index in [0.717, 1.165) is 0 Å². The first-order valence-corrected chi connectivity index (χ1v) is 6.47. The predicted molar refractivity (Wildman–Crippen MR) is 73.0 cm³/mol. The normalized spacial score (nSPS) is 10.6. The van der Waals surface area contributed by atoms with Crippen molar-refractivity contribution in [1.82, 2.24) is 9.97 Å². The van der Waals surface area contributed by atoms with Crippen LogP contribution in [0.1, 0.15) is 34.7 Å². The van der Waals surface area contributed by atoms with Crippen LogP contribution in [-0.2, 0) is 9.47 Å². The number of H-pyrrole nitrogens is 1. The Labute approximate surface area is 120 Å². The third-order valence-corrected chi connectivity index (χ3v) is 3.03. The summed E-state index contributed by atoms with van der Waals surface area (Å²) in [5.74, 6) is -1.07. The molecule has 0 aromatic carbocycles. The lowest BCUT2D eigenvalue weighted by molar-refractivity contribution is 0.0515. The molecule has 0 fully saturated rings. The molecule has 0 unspecified atom stereocenters. The number of aromatic amines is 1. The molecule has 20 heavy (non-hydrogen) atoms. The quantitative estimate of drug-likeness (QED) is 0.877. The highest BCUT2D eigenvalue weighted by Crippen LogP contribution is 2.28. The van der Waals surface area contributed by atoms with Crippen LogP contribution in [0.25, 0.3) is 10.9 Å². The maximum atomic E-state index is 11.7. The number of fused-ring (bicyclic) bond motifs is 1. The van der Waals surface area contributed by atoms with Crippen LogP contribution in [0.2, 0.25) is 5.02 Å². The van der Waals surface area contributed by atoms with Gasteiger partial charge in [0.2, 0.25) is 0 Å². The molecule has 0 amide bonds. The van der Waals surface area contributed by atoms with Gasteiger partial charge in [-0.3, -0.25) is 4.98 Å². The Balaban J connectivity index is 2.48. The molecule has 0 atom stereocenters. The number of aromatic nitrogens is 2. The molecule has 0 saturated carbocycles. The van der Waals surface area contributed by atoms with Crippen molar-refractivity contribution in [2.24, 2.45) is 0 Å². The number of halogens is 1. The fourth-order valence-electron chi connectivity index (χ4n) is 1.76. The minimum absolute atomic E-state index is 0.162. The lowest BCUT2D eigenvalue weighted by atomic mass is 10.2. The molecule has 1 N–H and O–H groups in total. The lowest BCUT2D eigenvalue weighted by Crippen LogP contribution is -2.07. The summed E-state index contributed by atoms with van der Waals surface area (Å²) in [6.45, 7) is 3.91. The Hall–Kier alpha value is -2.08. The van der Waals surface area contributed by atoms with Crippen LogP contribution in [0.3, 0.4) is 0 Å². The molecule has 0 aliphatic heterocycles. The average Bonchev–Trinajstić information content (AvgIpc) is 2.84. The van der Waals surface area contributed by atoms with Crippen LogP contribution in [0.15, 0.2) is 12.4 Å². The van der Waals surface area contributed by atoms with E-state index in [9.17, 15) is 9.59 Å². The van der Waals surface area contributed by atoms with Crippen molar-refractivity contribution in [1.29, 1.82) is 0 Å². The zero-order valence-corrected chi connectivity index (χ0v) is 11.8. The molecule has 2 rings (SSSR count). The Kier molecular flexibility index (Phi) is 4.24. The Morgan fingerprint density at radius 2 is 1.90 bits per heavy atom. The topological polar surface area (TPSA) is 81.3 Å². The van der Waals surface area contributed by atoms with Crippen molar-refractivity contribution < 1.29 is 19.1 Å². The molecule has 106 valence electrons. The first kappa shape index (κ1) is 14.3. The van der Waals surface area contributed by atoms with Crippen LogP contribution >= 0.6 is 11.6 Å². The smallest absolute Gasteiger partial charge is 0.357 e. The summed E-state index contributed by atoms with van der Waals surface area (Å²) in [7, 11) is 0. The zero-order chi connectivity index (χ0) is 14.7. The molecule has 0 aliphatic rings. The van der Waals surface area contributed by atoms with E-state index in [1.54, 1.807) is 13.8 Å². The molecule has 0 spiro atoms. The molecule has 0 radical (unpaired) electrons. The second kappa shape index (κ2) is 5.92. The number of esters is 2. The fourth-order valence-corrected chi connectivity index (χ4v) is 2.03. The third-order valence-electron chi connectivity index (χ3n) is 2.62. The van der Waals surface area contributed by atoms with Crippen molar-refractivity contribution in [3.63, 3.8) is 0 Å². The molecule has 0 aliphatic carbocycles. The number of nitrogens with zero attached hydrogens (tertiary/aromatic N) is 1. The van der Waals surface area contributed by atoms with Gasteiger partial charge in [0.15, 0.2) is 5.69 Å². The van der Waals surface area contributed by atoms with Gasteiger partial charge in [0.25, 0.3) is 0 Å². The van der Waals surface area contributed by atoms with E-state index in [2.05, 4.69) is 9.97 Å². The molecular formula is C13H13ClN2O4. The molecule has 2 heterocycles. The molecule has 2 aromatic heterocycles. The number of hydrogen-bond acceptors (Lipinski definition) is 5. The Morgan fingerprint density at radius 1 is 1.25 bits per heavy atom. The second-order valence-corrected chi connectivity index (χ2v) is 4.23. The highest BCUT2D eigenvalue weighted by atomic mass is 35.5. The summed E-state index contributed by atoms with van der Waals surface area (Å²) in [5, 5.41) is 0.667. The molecule has 0 saturated heterocycles. The maximum Gasteiger partial charge on any atom is 0.357 e. The fraction of sp³-hybridized carbons (Fsp3) is 0.308. The second-order valence-electron chi connectivity index (χ2n) is 3.85. The van der Waals surface area contributed by atoms with Gasteiger partial charge in [-0.15, -0.1) is 0 Å². The van der Waals surface area contributed by atoms with Crippen LogP contribution < -0.4 is 0 Å². The largest absolute Gasteiger partial charge is 0.462 e. The van der Waals surface area contributed by atoms with E-state index >= 15 is 0 Å². The van der Waals surface area contributed by atoms with Crippen molar-refractivity contribution >= 4 is 34.4 Å². The van der Waals surface area contributed by atoms with Gasteiger partial charge in [0.1, 0.15) is 5.52 Å². The van der Waals surface area contributed by atoms with Crippen LogP contribution in [-0.4, -0.2) is 35.1 Å². The highest BCUT2D eigenvalue weighted by molar-refractivity contribution is 6.38. The number of hydrogen-bond donors (Lipinski definition) is 1. The van der Waals surface area contributed by atoms with Crippen LogP contribution in [0.5, 0.6) is 0 Å². The van der Waals surface area contributed by atoms with Gasteiger partial charge in [-0.05, 0) is 13.8 Å². The first-order valence-electron chi connectivity index (χ1n) is 6.09. The number of ether oxygens (including phenoxy) is 2. The minimum Gasteiger partial charge on any atom is -0.462 e. The van der Waals surface area contributed by atoms with Gasteiger partial charge in [-0.2, -0.15) is 0 Å². The van der Waals surface area contributed by atoms with Gasteiger partial charge in [0, 0.05) is 17.8 Å². The average molecular weight is 297 g/mol.